The van der Waals surface area contributed by atoms with Crippen LogP contribution in [0.15, 0.2) is 41.6 Å². The van der Waals surface area contributed by atoms with E-state index in [-0.39, 0.29) is 12.4 Å². The van der Waals surface area contributed by atoms with Crippen LogP contribution in [0.1, 0.15) is 77.7 Å². The quantitative estimate of drug-likeness (QED) is 0.449. The molecule has 0 bridgehead atoms. The molecule has 23 heavy (non-hydrogen) atoms. The van der Waals surface area contributed by atoms with E-state index in [0.717, 1.165) is 12.1 Å². The summed E-state index contributed by atoms with van der Waals surface area (Å²) in [5.41, 5.74) is 9.87. The van der Waals surface area contributed by atoms with Crippen LogP contribution in [0.2, 0.25) is 0 Å². The maximum Gasteiger partial charge on any atom is 0.00409 e. The van der Waals surface area contributed by atoms with E-state index in [1.54, 1.807) is 0 Å². The molecule has 132 valence electrons. The molecule has 0 aromatic heterocycles. The maximum atomic E-state index is 6.06. The van der Waals surface area contributed by atoms with Crippen molar-refractivity contribution in [3.05, 3.63) is 47.2 Å². The molecule has 0 amide bonds. The molecule has 1 nitrogen and oxygen atoms in total. The highest BCUT2D eigenvalue weighted by atomic mass is 35.5. The Bertz CT molecular complexity index is 421. The van der Waals surface area contributed by atoms with Crippen LogP contribution in [-0.4, -0.2) is 0 Å². The number of unbranched alkanes of at least 4 members (excludes halogenated alkanes) is 6. The fourth-order valence-electron chi connectivity index (χ4n) is 3.04. The van der Waals surface area contributed by atoms with Crippen LogP contribution in [-0.2, 0) is 6.42 Å². The third-order valence-electron chi connectivity index (χ3n) is 4.72. The highest BCUT2D eigenvalue weighted by Gasteiger charge is 2.13. The number of nitrogens with two attached hydrogens (primary N) is 1. The molecule has 1 unspecified atom stereocenters. The van der Waals surface area contributed by atoms with E-state index in [2.05, 4.69) is 44.2 Å². The van der Waals surface area contributed by atoms with Crippen LogP contribution in [0.25, 0.3) is 0 Å². The van der Waals surface area contributed by atoms with E-state index in [9.17, 15) is 0 Å². The van der Waals surface area contributed by atoms with Gasteiger partial charge >= 0.3 is 0 Å². The van der Waals surface area contributed by atoms with Gasteiger partial charge in [-0.05, 0) is 38.2 Å². The molecular weight excluding hydrogens is 302 g/mol. The van der Waals surface area contributed by atoms with Crippen molar-refractivity contribution in [3.8, 4) is 0 Å². The molecule has 0 fully saturated rings. The Morgan fingerprint density at radius 3 is 2.04 bits per heavy atom. The highest BCUT2D eigenvalue weighted by Crippen LogP contribution is 2.24. The number of hydrogen-bond acceptors (Lipinski definition) is 1. The molecule has 2 heteroatoms. The number of allylic oxidation sites excluding steroid dienone is 2. The van der Waals surface area contributed by atoms with Gasteiger partial charge in [-0.1, -0.05) is 87.8 Å². The van der Waals surface area contributed by atoms with Gasteiger partial charge in [0.25, 0.3) is 0 Å². The summed E-state index contributed by atoms with van der Waals surface area (Å²) in [6, 6.07) is 10.8. The van der Waals surface area contributed by atoms with E-state index in [4.69, 9.17) is 5.73 Å². The summed E-state index contributed by atoms with van der Waals surface area (Å²) < 4.78 is 0. The summed E-state index contributed by atoms with van der Waals surface area (Å²) in [7, 11) is 0. The second kappa shape index (κ2) is 13.5. The summed E-state index contributed by atoms with van der Waals surface area (Å²) >= 11 is 0. The number of hydrogen-bond donors (Lipinski definition) is 1. The predicted octanol–water partition coefficient (Wildman–Crippen LogP) is 6.66. The molecule has 0 aliphatic heterocycles. The molecule has 1 aromatic carbocycles. The van der Waals surface area contributed by atoms with Crippen LogP contribution in [0.3, 0.4) is 0 Å². The van der Waals surface area contributed by atoms with Crippen molar-refractivity contribution in [1.29, 1.82) is 0 Å². The van der Waals surface area contributed by atoms with E-state index >= 15 is 0 Å². The lowest BCUT2D eigenvalue weighted by Gasteiger charge is -2.19. The zero-order valence-electron chi connectivity index (χ0n) is 15.3. The van der Waals surface area contributed by atoms with Gasteiger partial charge in [-0.2, -0.15) is 0 Å². The minimum absolute atomic E-state index is 0. The molecule has 0 aliphatic rings. The molecule has 0 aliphatic carbocycles. The molecule has 2 N–H and O–H groups in total. The lowest BCUT2D eigenvalue weighted by Crippen LogP contribution is -2.11. The first-order valence-electron chi connectivity index (χ1n) is 9.12. The average Bonchev–Trinajstić information content (AvgIpc) is 2.53. The molecule has 0 radical (unpaired) electrons. The SMILES string of the molecule is CCCCCCCCCC(Cc1ccccc1)C(C)=C(C)N.Cl. The van der Waals surface area contributed by atoms with Crippen LogP contribution in [0.4, 0.5) is 0 Å². The first kappa shape index (κ1) is 22.1. The Labute approximate surface area is 150 Å². The maximum absolute atomic E-state index is 6.06. The summed E-state index contributed by atoms with van der Waals surface area (Å²) in [5, 5.41) is 0. The normalized spacial score (nSPS) is 13.2. The van der Waals surface area contributed by atoms with Crippen LogP contribution < -0.4 is 5.73 Å². The van der Waals surface area contributed by atoms with Crippen LogP contribution in [0, 0.1) is 5.92 Å². The largest absolute Gasteiger partial charge is 0.402 e. The zero-order chi connectivity index (χ0) is 16.2. The Kier molecular flexibility index (Phi) is 12.9. The fraction of sp³-hybridized carbons (Fsp3) is 0.619. The molecule has 1 atom stereocenters. The number of rotatable bonds is 11. The molecule has 0 saturated heterocycles. The van der Waals surface area contributed by atoms with Gasteiger partial charge in [-0.15, -0.1) is 12.4 Å². The van der Waals surface area contributed by atoms with Gasteiger partial charge in [0.2, 0.25) is 0 Å². The second-order valence-electron chi connectivity index (χ2n) is 6.66. The molecule has 1 aromatic rings. The van der Waals surface area contributed by atoms with Crippen molar-refractivity contribution in [2.45, 2.75) is 78.6 Å². The predicted molar refractivity (Wildman–Crippen MR) is 106 cm³/mol. The third kappa shape index (κ3) is 9.71. The summed E-state index contributed by atoms with van der Waals surface area (Å²) in [6.45, 7) is 6.53. The molecule has 0 spiro atoms. The lowest BCUT2D eigenvalue weighted by molar-refractivity contribution is 0.494. The molecule has 0 heterocycles. The Hall–Kier alpha value is -0.950. The average molecular weight is 338 g/mol. The van der Waals surface area contributed by atoms with Crippen LogP contribution in [0.5, 0.6) is 0 Å². The summed E-state index contributed by atoms with van der Waals surface area (Å²) in [4.78, 5) is 0. The number of benzene rings is 1. The van der Waals surface area contributed by atoms with Crippen molar-refractivity contribution < 1.29 is 0 Å². The fourth-order valence-corrected chi connectivity index (χ4v) is 3.04. The molecule has 1 rings (SSSR count). The van der Waals surface area contributed by atoms with Crippen LogP contribution >= 0.6 is 12.4 Å². The van der Waals surface area contributed by atoms with Crippen molar-refractivity contribution in [3.63, 3.8) is 0 Å². The minimum Gasteiger partial charge on any atom is -0.402 e. The van der Waals surface area contributed by atoms with Crippen molar-refractivity contribution >= 4 is 12.4 Å². The Morgan fingerprint density at radius 2 is 1.48 bits per heavy atom. The van der Waals surface area contributed by atoms with Crippen molar-refractivity contribution in [1.82, 2.24) is 0 Å². The van der Waals surface area contributed by atoms with E-state index in [1.807, 2.05) is 6.92 Å². The zero-order valence-corrected chi connectivity index (χ0v) is 16.1. The van der Waals surface area contributed by atoms with Gasteiger partial charge in [0.1, 0.15) is 0 Å². The number of halogens is 1. The molecular formula is C21H36ClN. The van der Waals surface area contributed by atoms with Gasteiger partial charge in [0.05, 0.1) is 0 Å². The summed E-state index contributed by atoms with van der Waals surface area (Å²) in [6.07, 6.45) is 12.0. The third-order valence-corrected chi connectivity index (χ3v) is 4.72. The lowest BCUT2D eigenvalue weighted by atomic mass is 9.87. The monoisotopic (exact) mass is 337 g/mol. The van der Waals surface area contributed by atoms with E-state index < -0.39 is 0 Å². The van der Waals surface area contributed by atoms with E-state index in [0.29, 0.717) is 5.92 Å². The first-order valence-corrected chi connectivity index (χ1v) is 9.12. The highest BCUT2D eigenvalue weighted by molar-refractivity contribution is 5.85. The molecule has 0 saturated carbocycles. The smallest absolute Gasteiger partial charge is 0.00409 e. The van der Waals surface area contributed by atoms with Gasteiger partial charge in [0, 0.05) is 5.70 Å². The van der Waals surface area contributed by atoms with Gasteiger partial charge in [-0.25, -0.2) is 0 Å². The summed E-state index contributed by atoms with van der Waals surface area (Å²) in [5.74, 6) is 0.600. The minimum atomic E-state index is 0. The van der Waals surface area contributed by atoms with E-state index in [1.165, 1.54) is 62.5 Å². The van der Waals surface area contributed by atoms with Gasteiger partial charge in [0.15, 0.2) is 0 Å². The standard InChI is InChI=1S/C21H35N.ClH/c1-4-5-6-7-8-9-13-16-21(18(2)19(3)22)17-20-14-11-10-12-15-20;/h10-12,14-15,21H,4-9,13,16-17,22H2,1-3H3;1H. The van der Waals surface area contributed by atoms with Crippen molar-refractivity contribution in [2.75, 3.05) is 0 Å². The van der Waals surface area contributed by atoms with Crippen molar-refractivity contribution in [2.24, 2.45) is 11.7 Å². The Morgan fingerprint density at radius 1 is 0.913 bits per heavy atom. The topological polar surface area (TPSA) is 26.0 Å². The first-order chi connectivity index (χ1) is 10.6. The Balaban J connectivity index is 0.00000484. The van der Waals surface area contributed by atoms with Gasteiger partial charge in [-0.3, -0.25) is 0 Å². The van der Waals surface area contributed by atoms with Gasteiger partial charge < -0.3 is 5.73 Å². The second-order valence-corrected chi connectivity index (χ2v) is 6.66.